The second-order valence-electron chi connectivity index (χ2n) is 9.80. The van der Waals surface area contributed by atoms with Crippen LogP contribution < -0.4 is 0 Å². The summed E-state index contributed by atoms with van der Waals surface area (Å²) >= 11 is 0. The fraction of sp³-hybridized carbons (Fsp3) is 0.667. The molecule has 0 spiro atoms. The van der Waals surface area contributed by atoms with Gasteiger partial charge in [-0.2, -0.15) is 0 Å². The first kappa shape index (κ1) is 22.6. The molecule has 0 aromatic heterocycles. The molecule has 2 aliphatic heterocycles. The van der Waals surface area contributed by atoms with Crippen molar-refractivity contribution >= 4 is 12.1 Å². The van der Waals surface area contributed by atoms with Crippen LogP contribution in [0.25, 0.3) is 0 Å². The van der Waals surface area contributed by atoms with Gasteiger partial charge in [-0.1, -0.05) is 12.1 Å². The van der Waals surface area contributed by atoms with E-state index in [1.165, 1.54) is 29.4 Å². The van der Waals surface area contributed by atoms with E-state index in [0.29, 0.717) is 5.92 Å². The molecule has 0 N–H and O–H groups in total. The van der Waals surface area contributed by atoms with Crippen molar-refractivity contribution in [1.29, 1.82) is 0 Å². The standard InChI is InChI=1S/C24H36N2O4/c1-16-11-18(13-25-9-7-19(8-10-25)22(27)29-6)12-17(2)21(16)20-14-26(15-20)23(28)30-24(3,4)5/h11-12,19-20H,7-10,13-15H2,1-6H3. The molecule has 2 fully saturated rings. The van der Waals surface area contributed by atoms with Gasteiger partial charge < -0.3 is 14.4 Å². The molecule has 1 amide bonds. The van der Waals surface area contributed by atoms with Crippen molar-refractivity contribution in [2.75, 3.05) is 33.3 Å². The average molecular weight is 417 g/mol. The molecule has 0 atom stereocenters. The lowest BCUT2D eigenvalue weighted by molar-refractivity contribution is -0.147. The molecule has 3 rings (SSSR count). The van der Waals surface area contributed by atoms with Crippen LogP contribution in [-0.4, -0.2) is 60.8 Å². The van der Waals surface area contributed by atoms with Crippen LogP contribution in [0.1, 0.15) is 61.8 Å². The lowest BCUT2D eigenvalue weighted by atomic mass is 9.84. The molecule has 6 nitrogen and oxygen atoms in total. The zero-order valence-corrected chi connectivity index (χ0v) is 19.3. The van der Waals surface area contributed by atoms with Crippen molar-refractivity contribution in [2.45, 2.75) is 65.5 Å². The molecule has 0 saturated carbocycles. The van der Waals surface area contributed by atoms with Crippen molar-refractivity contribution < 1.29 is 19.1 Å². The van der Waals surface area contributed by atoms with Crippen LogP contribution >= 0.6 is 0 Å². The first-order valence-corrected chi connectivity index (χ1v) is 11.0. The zero-order chi connectivity index (χ0) is 22.1. The Morgan fingerprint density at radius 3 is 2.13 bits per heavy atom. The normalized spacial score (nSPS) is 18.8. The SMILES string of the molecule is COC(=O)C1CCN(Cc2cc(C)c(C3CN(C(=O)OC(C)(C)C)C3)c(C)c2)CC1. The Bertz CT molecular complexity index is 762. The van der Waals surface area contributed by atoms with E-state index in [0.717, 1.165) is 45.6 Å². The molecule has 2 heterocycles. The number of esters is 1. The highest BCUT2D eigenvalue weighted by Gasteiger charge is 2.36. The van der Waals surface area contributed by atoms with E-state index in [9.17, 15) is 9.59 Å². The molecule has 0 unspecified atom stereocenters. The highest BCUT2D eigenvalue weighted by atomic mass is 16.6. The van der Waals surface area contributed by atoms with Gasteiger partial charge in [0.2, 0.25) is 0 Å². The van der Waals surface area contributed by atoms with Gasteiger partial charge in [-0.3, -0.25) is 9.69 Å². The van der Waals surface area contributed by atoms with Crippen LogP contribution in [0.5, 0.6) is 0 Å². The molecule has 1 aromatic rings. The van der Waals surface area contributed by atoms with Crippen molar-refractivity contribution in [3.8, 4) is 0 Å². The third kappa shape index (κ3) is 5.34. The number of methoxy groups -OCH3 is 1. The molecule has 0 bridgehead atoms. The first-order valence-electron chi connectivity index (χ1n) is 11.0. The van der Waals surface area contributed by atoms with Gasteiger partial charge in [0.1, 0.15) is 5.60 Å². The molecule has 1 aromatic carbocycles. The highest BCUT2D eigenvalue weighted by Crippen LogP contribution is 2.34. The summed E-state index contributed by atoms with van der Waals surface area (Å²) in [6, 6.07) is 4.57. The van der Waals surface area contributed by atoms with Gasteiger partial charge >= 0.3 is 12.1 Å². The number of ether oxygens (including phenoxy) is 2. The molecule has 0 aliphatic carbocycles. The number of aryl methyl sites for hydroxylation is 2. The number of rotatable bonds is 4. The Labute approximate surface area is 180 Å². The quantitative estimate of drug-likeness (QED) is 0.694. The summed E-state index contributed by atoms with van der Waals surface area (Å²) in [5.41, 5.74) is 4.81. The number of hydrogen-bond donors (Lipinski definition) is 0. The van der Waals surface area contributed by atoms with Crippen molar-refractivity contribution in [2.24, 2.45) is 5.92 Å². The largest absolute Gasteiger partial charge is 0.469 e. The molecule has 30 heavy (non-hydrogen) atoms. The van der Waals surface area contributed by atoms with Crippen LogP contribution in [0.2, 0.25) is 0 Å². The number of hydrogen-bond acceptors (Lipinski definition) is 5. The third-order valence-electron chi connectivity index (χ3n) is 6.12. The molecular formula is C24H36N2O4. The van der Waals surface area contributed by atoms with E-state index < -0.39 is 5.60 Å². The summed E-state index contributed by atoms with van der Waals surface area (Å²) in [5.74, 6) is 0.345. The van der Waals surface area contributed by atoms with E-state index in [1.54, 1.807) is 4.90 Å². The zero-order valence-electron chi connectivity index (χ0n) is 19.3. The fourth-order valence-electron chi connectivity index (χ4n) is 4.69. The van der Waals surface area contributed by atoms with Gasteiger partial charge in [-0.15, -0.1) is 0 Å². The van der Waals surface area contributed by atoms with Crippen LogP contribution in [0.15, 0.2) is 12.1 Å². The van der Waals surface area contributed by atoms with Gasteiger partial charge in [0, 0.05) is 25.6 Å². The number of amides is 1. The maximum atomic E-state index is 12.2. The van der Waals surface area contributed by atoms with Gasteiger partial charge in [-0.05, 0) is 82.8 Å². The monoisotopic (exact) mass is 416 g/mol. The summed E-state index contributed by atoms with van der Waals surface area (Å²) in [6.45, 7) is 14.2. The Hall–Kier alpha value is -2.08. The second-order valence-corrected chi connectivity index (χ2v) is 9.80. The van der Waals surface area contributed by atoms with Gasteiger partial charge in [0.15, 0.2) is 0 Å². The number of likely N-dealkylation sites (tertiary alicyclic amines) is 2. The van der Waals surface area contributed by atoms with E-state index >= 15 is 0 Å². The second kappa shape index (κ2) is 8.96. The van der Waals surface area contributed by atoms with Crippen molar-refractivity contribution in [3.63, 3.8) is 0 Å². The molecule has 2 aliphatic rings. The number of nitrogens with zero attached hydrogens (tertiary/aromatic N) is 2. The highest BCUT2D eigenvalue weighted by molar-refractivity contribution is 5.72. The number of piperidine rings is 1. The molecule has 6 heteroatoms. The van der Waals surface area contributed by atoms with Crippen molar-refractivity contribution in [3.05, 3.63) is 34.4 Å². The Morgan fingerprint density at radius 2 is 1.63 bits per heavy atom. The minimum Gasteiger partial charge on any atom is -0.469 e. The number of carbonyl (C=O) groups excluding carboxylic acids is 2. The van der Waals surface area contributed by atoms with Crippen LogP contribution in [-0.2, 0) is 20.8 Å². The predicted octanol–water partition coefficient (Wildman–Crippen LogP) is 4.02. The summed E-state index contributed by atoms with van der Waals surface area (Å²) in [7, 11) is 1.47. The molecule has 2 saturated heterocycles. The summed E-state index contributed by atoms with van der Waals surface area (Å²) in [6.07, 6.45) is 1.51. The minimum absolute atomic E-state index is 0.0450. The molecular weight excluding hydrogens is 380 g/mol. The maximum Gasteiger partial charge on any atom is 0.410 e. The van der Waals surface area contributed by atoms with E-state index in [4.69, 9.17) is 9.47 Å². The Morgan fingerprint density at radius 1 is 1.07 bits per heavy atom. The van der Waals surface area contributed by atoms with Gasteiger partial charge in [0.25, 0.3) is 0 Å². The fourth-order valence-corrected chi connectivity index (χ4v) is 4.69. The first-order chi connectivity index (χ1) is 14.1. The Kier molecular flexibility index (Phi) is 6.75. The lowest BCUT2D eigenvalue weighted by Crippen LogP contribution is -2.50. The van der Waals surface area contributed by atoms with E-state index in [-0.39, 0.29) is 18.0 Å². The summed E-state index contributed by atoms with van der Waals surface area (Å²) in [4.78, 5) is 28.1. The predicted molar refractivity (Wildman–Crippen MR) is 116 cm³/mol. The van der Waals surface area contributed by atoms with Gasteiger partial charge in [0.05, 0.1) is 13.0 Å². The van der Waals surface area contributed by atoms with E-state index in [1.807, 2.05) is 20.8 Å². The van der Waals surface area contributed by atoms with Gasteiger partial charge in [-0.25, -0.2) is 4.79 Å². The lowest BCUT2D eigenvalue weighted by Gasteiger charge is -2.41. The van der Waals surface area contributed by atoms with Crippen LogP contribution in [0.3, 0.4) is 0 Å². The average Bonchev–Trinajstić information content (AvgIpc) is 2.61. The molecule has 166 valence electrons. The minimum atomic E-state index is -0.457. The summed E-state index contributed by atoms with van der Waals surface area (Å²) < 4.78 is 10.4. The van der Waals surface area contributed by atoms with Crippen LogP contribution in [0.4, 0.5) is 4.79 Å². The maximum absolute atomic E-state index is 12.2. The third-order valence-corrected chi connectivity index (χ3v) is 6.12. The number of carbonyl (C=O) groups is 2. The number of benzene rings is 1. The topological polar surface area (TPSA) is 59.1 Å². The smallest absolute Gasteiger partial charge is 0.410 e. The summed E-state index contributed by atoms with van der Waals surface area (Å²) in [5, 5.41) is 0. The molecule has 0 radical (unpaired) electrons. The Balaban J connectivity index is 1.57. The van der Waals surface area contributed by atoms with Crippen LogP contribution in [0, 0.1) is 19.8 Å². The van der Waals surface area contributed by atoms with E-state index in [2.05, 4.69) is 30.9 Å². The van der Waals surface area contributed by atoms with Crippen molar-refractivity contribution in [1.82, 2.24) is 9.80 Å².